The van der Waals surface area contributed by atoms with Crippen molar-refractivity contribution in [1.82, 2.24) is 5.32 Å². The van der Waals surface area contributed by atoms with Gasteiger partial charge in [-0.05, 0) is 19.0 Å². The second-order valence-corrected chi connectivity index (χ2v) is 4.61. The van der Waals surface area contributed by atoms with E-state index in [9.17, 15) is 14.9 Å². The zero-order valence-corrected chi connectivity index (χ0v) is 10.2. The van der Waals surface area contributed by atoms with Crippen LogP contribution >= 0.6 is 11.3 Å². The minimum absolute atomic E-state index is 0.0384. The lowest BCUT2D eigenvalue weighted by atomic mass is 10.2. The van der Waals surface area contributed by atoms with Gasteiger partial charge >= 0.3 is 11.0 Å². The van der Waals surface area contributed by atoms with E-state index in [2.05, 4.69) is 5.32 Å². The van der Waals surface area contributed by atoms with Crippen LogP contribution in [-0.2, 0) is 4.79 Å². The second-order valence-electron chi connectivity index (χ2n) is 3.51. The van der Waals surface area contributed by atoms with E-state index in [1.54, 1.807) is 0 Å². The average molecular weight is 258 g/mol. The van der Waals surface area contributed by atoms with E-state index in [1.807, 2.05) is 6.92 Å². The Morgan fingerprint density at radius 1 is 1.65 bits per heavy atom. The molecule has 0 aromatic carbocycles. The average Bonchev–Trinajstić information content (AvgIpc) is 2.73. The molecule has 1 unspecified atom stereocenters. The molecular weight excluding hydrogens is 244 g/mol. The van der Waals surface area contributed by atoms with Crippen molar-refractivity contribution in [3.05, 3.63) is 27.1 Å². The third-order valence-electron chi connectivity index (χ3n) is 2.20. The lowest BCUT2D eigenvalue weighted by Gasteiger charge is -2.11. The number of aliphatic carboxylic acids is 1. The summed E-state index contributed by atoms with van der Waals surface area (Å²) in [5.74, 6) is -1.02. The number of nitrogens with one attached hydrogen (secondary N) is 1. The molecule has 1 atom stereocenters. The van der Waals surface area contributed by atoms with Crippen molar-refractivity contribution < 1.29 is 14.8 Å². The van der Waals surface area contributed by atoms with Gasteiger partial charge in [0, 0.05) is 10.9 Å². The first-order chi connectivity index (χ1) is 8.06. The Kier molecular flexibility index (Phi) is 5.05. The molecule has 0 saturated heterocycles. The van der Waals surface area contributed by atoms with Gasteiger partial charge in [0.25, 0.3) is 0 Å². The van der Waals surface area contributed by atoms with Crippen molar-refractivity contribution in [2.75, 3.05) is 6.54 Å². The molecule has 1 rings (SSSR count). The maximum absolute atomic E-state index is 11.0. The molecule has 0 bridgehead atoms. The van der Waals surface area contributed by atoms with Crippen LogP contribution in [0, 0.1) is 10.1 Å². The lowest BCUT2D eigenvalue weighted by Crippen LogP contribution is -2.28. The third-order valence-corrected chi connectivity index (χ3v) is 3.30. The molecule has 94 valence electrons. The van der Waals surface area contributed by atoms with Gasteiger partial charge in [0.2, 0.25) is 0 Å². The standard InChI is InChI=1S/C10H14N2O4S/c1-2-3-6-11-9(10(13)14)7-4-5-8(17-7)12(15)16/h4-5,9,11H,2-3,6H2,1H3,(H,13,14). The largest absolute Gasteiger partial charge is 0.480 e. The Morgan fingerprint density at radius 2 is 2.35 bits per heavy atom. The Labute approximate surface area is 102 Å². The fraction of sp³-hybridized carbons (Fsp3) is 0.500. The molecule has 2 N–H and O–H groups in total. The van der Waals surface area contributed by atoms with E-state index in [-0.39, 0.29) is 5.00 Å². The number of hydrogen-bond acceptors (Lipinski definition) is 5. The highest BCUT2D eigenvalue weighted by Gasteiger charge is 2.23. The van der Waals surface area contributed by atoms with E-state index < -0.39 is 16.9 Å². The molecule has 0 aliphatic rings. The van der Waals surface area contributed by atoms with Crippen molar-refractivity contribution in [3.63, 3.8) is 0 Å². The molecule has 1 aromatic rings. The summed E-state index contributed by atoms with van der Waals surface area (Å²) in [5, 5.41) is 22.4. The van der Waals surface area contributed by atoms with Crippen molar-refractivity contribution in [1.29, 1.82) is 0 Å². The predicted molar refractivity (Wildman–Crippen MR) is 64.3 cm³/mol. The molecule has 0 aliphatic carbocycles. The topological polar surface area (TPSA) is 92.5 Å². The van der Waals surface area contributed by atoms with Crippen LogP contribution in [0.15, 0.2) is 12.1 Å². The number of unbranched alkanes of at least 4 members (excludes halogenated alkanes) is 1. The summed E-state index contributed by atoms with van der Waals surface area (Å²) in [6.07, 6.45) is 1.83. The first-order valence-corrected chi connectivity index (χ1v) is 6.08. The van der Waals surface area contributed by atoms with Crippen LogP contribution in [0.2, 0.25) is 0 Å². The second kappa shape index (κ2) is 6.31. The molecule has 0 radical (unpaired) electrons. The highest BCUT2D eigenvalue weighted by Crippen LogP contribution is 2.28. The quantitative estimate of drug-likeness (QED) is 0.444. The van der Waals surface area contributed by atoms with Gasteiger partial charge < -0.3 is 10.4 Å². The van der Waals surface area contributed by atoms with Gasteiger partial charge in [0.15, 0.2) is 0 Å². The summed E-state index contributed by atoms with van der Waals surface area (Å²) >= 11 is 0.893. The molecule has 7 heteroatoms. The molecule has 6 nitrogen and oxygen atoms in total. The van der Waals surface area contributed by atoms with Gasteiger partial charge in [-0.15, -0.1) is 0 Å². The first-order valence-electron chi connectivity index (χ1n) is 5.26. The van der Waals surface area contributed by atoms with Gasteiger partial charge in [-0.3, -0.25) is 14.9 Å². The number of hydrogen-bond donors (Lipinski definition) is 2. The van der Waals surface area contributed by atoms with Gasteiger partial charge in [-0.25, -0.2) is 0 Å². The number of rotatable bonds is 7. The van der Waals surface area contributed by atoms with E-state index in [0.29, 0.717) is 11.4 Å². The molecule has 1 heterocycles. The van der Waals surface area contributed by atoms with E-state index in [1.165, 1.54) is 12.1 Å². The number of carbonyl (C=O) groups is 1. The minimum atomic E-state index is -1.02. The zero-order chi connectivity index (χ0) is 12.8. The van der Waals surface area contributed by atoms with Crippen molar-refractivity contribution in [2.24, 2.45) is 0 Å². The molecule has 1 aromatic heterocycles. The maximum atomic E-state index is 11.0. The van der Waals surface area contributed by atoms with E-state index in [4.69, 9.17) is 5.11 Å². The van der Waals surface area contributed by atoms with E-state index in [0.717, 1.165) is 24.2 Å². The first kappa shape index (κ1) is 13.6. The highest BCUT2D eigenvalue weighted by molar-refractivity contribution is 7.15. The summed E-state index contributed by atoms with van der Waals surface area (Å²) in [6.45, 7) is 2.59. The lowest BCUT2D eigenvalue weighted by molar-refractivity contribution is -0.380. The van der Waals surface area contributed by atoms with Crippen molar-refractivity contribution in [2.45, 2.75) is 25.8 Å². The van der Waals surface area contributed by atoms with Gasteiger partial charge in [-0.2, -0.15) is 0 Å². The molecule has 0 spiro atoms. The number of carboxylic acid groups (broad SMARTS) is 1. The normalized spacial score (nSPS) is 12.3. The van der Waals surface area contributed by atoms with E-state index >= 15 is 0 Å². The molecule has 0 fully saturated rings. The molecule has 0 saturated carbocycles. The fourth-order valence-corrected chi connectivity index (χ4v) is 2.22. The Balaban J connectivity index is 2.75. The van der Waals surface area contributed by atoms with Crippen LogP contribution in [0.5, 0.6) is 0 Å². The Bertz CT molecular complexity index is 405. The van der Waals surface area contributed by atoms with Crippen LogP contribution in [0.1, 0.15) is 30.7 Å². The fourth-order valence-electron chi connectivity index (χ4n) is 1.33. The summed E-state index contributed by atoms with van der Waals surface area (Å²) in [6, 6.07) is 1.96. The number of carboxylic acids is 1. The smallest absolute Gasteiger partial charge is 0.326 e. The highest BCUT2D eigenvalue weighted by atomic mass is 32.1. The SMILES string of the molecule is CCCCNC(C(=O)O)c1ccc([N+](=O)[O-])s1. The monoisotopic (exact) mass is 258 g/mol. The minimum Gasteiger partial charge on any atom is -0.480 e. The van der Waals surface area contributed by atoms with Crippen LogP contribution in [0.3, 0.4) is 0 Å². The van der Waals surface area contributed by atoms with Gasteiger partial charge in [0.1, 0.15) is 6.04 Å². The van der Waals surface area contributed by atoms with Crippen LogP contribution in [0.25, 0.3) is 0 Å². The summed E-state index contributed by atoms with van der Waals surface area (Å²) < 4.78 is 0. The number of nitrogens with zero attached hydrogens (tertiary/aromatic N) is 1. The number of thiophene rings is 1. The number of nitro groups is 1. The van der Waals surface area contributed by atoms with Gasteiger partial charge in [0.05, 0.1) is 4.92 Å². The van der Waals surface area contributed by atoms with Crippen molar-refractivity contribution >= 4 is 22.3 Å². The maximum Gasteiger partial charge on any atom is 0.326 e. The third kappa shape index (κ3) is 3.79. The van der Waals surface area contributed by atoms with Gasteiger partial charge in [-0.1, -0.05) is 24.7 Å². The molecule has 17 heavy (non-hydrogen) atoms. The van der Waals surface area contributed by atoms with Crippen LogP contribution in [-0.4, -0.2) is 22.5 Å². The summed E-state index contributed by atoms with van der Waals surface area (Å²) in [4.78, 5) is 21.5. The molecule has 0 amide bonds. The predicted octanol–water partition coefficient (Wildman–Crippen LogP) is 2.17. The van der Waals surface area contributed by atoms with Crippen LogP contribution < -0.4 is 5.32 Å². The summed E-state index contributed by atoms with van der Waals surface area (Å²) in [7, 11) is 0. The summed E-state index contributed by atoms with van der Waals surface area (Å²) in [5.41, 5.74) is 0. The molecular formula is C10H14N2O4S. The van der Waals surface area contributed by atoms with Crippen molar-refractivity contribution in [3.8, 4) is 0 Å². The zero-order valence-electron chi connectivity index (χ0n) is 9.38. The Morgan fingerprint density at radius 3 is 2.82 bits per heavy atom. The molecule has 0 aliphatic heterocycles. The van der Waals surface area contributed by atoms with Crippen LogP contribution in [0.4, 0.5) is 5.00 Å². The Hall–Kier alpha value is -1.47.